The van der Waals surface area contributed by atoms with Crippen molar-refractivity contribution in [2.24, 2.45) is 0 Å². The van der Waals surface area contributed by atoms with Crippen LogP contribution in [0.2, 0.25) is 0 Å². The van der Waals surface area contributed by atoms with Gasteiger partial charge in [0.25, 0.3) is 0 Å². The topological polar surface area (TPSA) is 109 Å². The SMILES string of the molecule is CCCSS.O=S(=O)(O)S(=O)(=O)O. The molecule has 0 aliphatic heterocycles. The summed E-state index contributed by atoms with van der Waals surface area (Å²) in [4.78, 5) is 0. The maximum atomic E-state index is 9.37. The van der Waals surface area contributed by atoms with Gasteiger partial charge in [-0.05, 0) is 6.42 Å². The molecule has 0 aromatic carbocycles. The Kier molecular flexibility index (Phi) is 8.47. The van der Waals surface area contributed by atoms with E-state index in [1.165, 1.54) is 12.2 Å². The van der Waals surface area contributed by atoms with Crippen molar-refractivity contribution >= 4 is 40.8 Å². The van der Waals surface area contributed by atoms with Gasteiger partial charge in [0.2, 0.25) is 0 Å². The second-order valence-corrected chi connectivity index (χ2v) is 7.37. The normalized spacial score (nSPS) is 11.7. The predicted molar refractivity (Wildman–Crippen MR) is 54.8 cm³/mol. The van der Waals surface area contributed by atoms with Crippen LogP contribution in [0.3, 0.4) is 0 Å². The molecule has 0 rings (SSSR count). The number of rotatable bonds is 3. The van der Waals surface area contributed by atoms with Gasteiger partial charge >= 0.3 is 18.3 Å². The van der Waals surface area contributed by atoms with Gasteiger partial charge in [0, 0.05) is 5.75 Å². The molecule has 0 atom stereocenters. The highest BCUT2D eigenvalue weighted by molar-refractivity contribution is 8.68. The largest absolute Gasteiger partial charge is 0.397 e. The average Bonchev–Trinajstić information content (AvgIpc) is 1.85. The van der Waals surface area contributed by atoms with Gasteiger partial charge in [0.05, 0.1) is 0 Å². The van der Waals surface area contributed by atoms with E-state index in [1.807, 2.05) is 0 Å². The standard InChI is InChI=1S/C3H8S2.H2O6S2/c1-2-3-5-4;1-7(2,3)8(4,5)6/h4H,2-3H2,1H3;(H,1,2,3)(H,4,5,6). The molecule has 13 heavy (non-hydrogen) atoms. The Hall–Kier alpha value is 0.520. The van der Waals surface area contributed by atoms with Crippen LogP contribution in [0.5, 0.6) is 0 Å². The van der Waals surface area contributed by atoms with Crippen molar-refractivity contribution < 1.29 is 25.9 Å². The summed E-state index contributed by atoms with van der Waals surface area (Å²) in [5.41, 5.74) is 0. The number of thiol groups is 1. The zero-order chi connectivity index (χ0) is 11.1. The molecule has 0 saturated carbocycles. The van der Waals surface area contributed by atoms with Crippen LogP contribution in [0.4, 0.5) is 0 Å². The van der Waals surface area contributed by atoms with Crippen molar-refractivity contribution in [3.05, 3.63) is 0 Å². The molecule has 0 aliphatic carbocycles. The van der Waals surface area contributed by atoms with E-state index in [0.29, 0.717) is 0 Å². The molecule has 0 fully saturated rings. The minimum Gasteiger partial charge on any atom is -0.272 e. The van der Waals surface area contributed by atoms with Gasteiger partial charge in [-0.2, -0.15) is 16.8 Å². The Morgan fingerprint density at radius 2 is 1.46 bits per heavy atom. The molecule has 0 radical (unpaired) electrons. The molecule has 0 bridgehead atoms. The van der Waals surface area contributed by atoms with Gasteiger partial charge in [0.1, 0.15) is 0 Å². The Morgan fingerprint density at radius 3 is 1.46 bits per heavy atom. The second-order valence-electron chi connectivity index (χ2n) is 1.69. The van der Waals surface area contributed by atoms with Crippen LogP contribution in [-0.2, 0) is 18.3 Å². The van der Waals surface area contributed by atoms with Gasteiger partial charge in [-0.15, -0.1) is 11.7 Å². The van der Waals surface area contributed by atoms with Crippen LogP contribution < -0.4 is 0 Å². The maximum Gasteiger partial charge on any atom is 0.397 e. The van der Waals surface area contributed by atoms with E-state index in [1.54, 1.807) is 10.8 Å². The molecular weight excluding hydrogens is 260 g/mol. The Balaban J connectivity index is 0. The van der Waals surface area contributed by atoms with E-state index in [4.69, 9.17) is 9.11 Å². The highest BCUT2D eigenvalue weighted by Crippen LogP contribution is 2.04. The Labute approximate surface area is 85.8 Å². The van der Waals surface area contributed by atoms with Crippen molar-refractivity contribution in [2.75, 3.05) is 5.75 Å². The zero-order valence-electron chi connectivity index (χ0n) is 6.61. The highest BCUT2D eigenvalue weighted by atomic mass is 33.2. The molecule has 0 heterocycles. The lowest BCUT2D eigenvalue weighted by atomic mass is 10.6. The summed E-state index contributed by atoms with van der Waals surface area (Å²) in [7, 11) is -9.03. The van der Waals surface area contributed by atoms with Crippen molar-refractivity contribution in [1.29, 1.82) is 0 Å². The quantitative estimate of drug-likeness (QED) is 0.392. The van der Waals surface area contributed by atoms with E-state index in [9.17, 15) is 16.8 Å². The first-order valence-corrected chi connectivity index (χ1v) is 8.31. The Bertz CT molecular complexity index is 269. The van der Waals surface area contributed by atoms with Crippen LogP contribution in [0, 0.1) is 0 Å². The van der Waals surface area contributed by atoms with Gasteiger partial charge in [0.15, 0.2) is 0 Å². The molecular formula is C3H10O6S4. The first-order valence-electron chi connectivity index (χ1n) is 2.88. The van der Waals surface area contributed by atoms with Crippen LogP contribution in [0.1, 0.15) is 13.3 Å². The fraction of sp³-hybridized carbons (Fsp3) is 1.00. The third kappa shape index (κ3) is 10.4. The summed E-state index contributed by atoms with van der Waals surface area (Å²) >= 11 is 3.92. The smallest absolute Gasteiger partial charge is 0.272 e. The minimum absolute atomic E-state index is 1.17. The lowest BCUT2D eigenvalue weighted by Crippen LogP contribution is -2.11. The summed E-state index contributed by atoms with van der Waals surface area (Å²) in [5.74, 6) is 1.17. The maximum absolute atomic E-state index is 9.37. The molecule has 0 amide bonds. The summed E-state index contributed by atoms with van der Waals surface area (Å²) < 4.78 is 52.5. The molecule has 6 nitrogen and oxygen atoms in total. The summed E-state index contributed by atoms with van der Waals surface area (Å²) in [6, 6.07) is 0. The van der Waals surface area contributed by atoms with Gasteiger partial charge in [-0.25, -0.2) is 0 Å². The molecule has 0 aliphatic rings. The van der Waals surface area contributed by atoms with E-state index in [-0.39, 0.29) is 0 Å². The summed E-state index contributed by atoms with van der Waals surface area (Å²) in [5, 5.41) is 0. The van der Waals surface area contributed by atoms with E-state index in [0.717, 1.165) is 0 Å². The zero-order valence-corrected chi connectivity index (χ0v) is 9.96. The lowest BCUT2D eigenvalue weighted by Gasteiger charge is -1.84. The van der Waals surface area contributed by atoms with Crippen molar-refractivity contribution in [3.8, 4) is 0 Å². The van der Waals surface area contributed by atoms with Crippen LogP contribution in [0.25, 0.3) is 0 Å². The molecule has 10 heteroatoms. The molecule has 0 spiro atoms. The summed E-state index contributed by atoms with van der Waals surface area (Å²) in [6.07, 6.45) is 1.23. The highest BCUT2D eigenvalue weighted by Gasteiger charge is 2.22. The molecule has 2 N–H and O–H groups in total. The molecule has 82 valence electrons. The van der Waals surface area contributed by atoms with E-state index < -0.39 is 18.3 Å². The van der Waals surface area contributed by atoms with E-state index in [2.05, 4.69) is 18.6 Å². The third-order valence-electron chi connectivity index (χ3n) is 0.562. The predicted octanol–water partition coefficient (Wildman–Crippen LogP) is 0.651. The van der Waals surface area contributed by atoms with Gasteiger partial charge in [-0.1, -0.05) is 17.7 Å². The van der Waals surface area contributed by atoms with Gasteiger partial charge < -0.3 is 0 Å². The minimum atomic E-state index is -5.31. The van der Waals surface area contributed by atoms with Crippen molar-refractivity contribution in [1.82, 2.24) is 0 Å². The lowest BCUT2D eigenvalue weighted by molar-refractivity contribution is 0.460. The van der Waals surface area contributed by atoms with Crippen LogP contribution in [0.15, 0.2) is 0 Å². The number of hydrogen-bond donors (Lipinski definition) is 3. The fourth-order valence-corrected chi connectivity index (χ4v) is 0.822. The molecule has 0 saturated heterocycles. The van der Waals surface area contributed by atoms with Crippen LogP contribution in [-0.4, -0.2) is 31.7 Å². The Morgan fingerprint density at radius 1 is 1.15 bits per heavy atom. The van der Waals surface area contributed by atoms with Crippen molar-refractivity contribution in [2.45, 2.75) is 13.3 Å². The van der Waals surface area contributed by atoms with Crippen molar-refractivity contribution in [3.63, 3.8) is 0 Å². The molecule has 0 unspecified atom stereocenters. The molecule has 0 aromatic heterocycles. The third-order valence-corrected chi connectivity index (χ3v) is 3.83. The summed E-state index contributed by atoms with van der Waals surface area (Å²) in [6.45, 7) is 2.14. The van der Waals surface area contributed by atoms with Crippen LogP contribution >= 0.6 is 22.5 Å². The first-order chi connectivity index (χ1) is 5.66. The fourth-order valence-electron chi connectivity index (χ4n) is 0.0913. The molecule has 0 aromatic rings. The number of hydrogen-bond acceptors (Lipinski definition) is 6. The monoisotopic (exact) mass is 270 g/mol. The van der Waals surface area contributed by atoms with E-state index >= 15 is 0 Å². The van der Waals surface area contributed by atoms with Gasteiger partial charge in [-0.3, -0.25) is 9.11 Å². The second kappa shape index (κ2) is 6.90. The average molecular weight is 270 g/mol. The first kappa shape index (κ1) is 16.0.